The van der Waals surface area contributed by atoms with Crippen molar-refractivity contribution < 1.29 is 9.13 Å². The number of nitrogens with one attached hydrogen (secondary N) is 1. The molecule has 1 aromatic rings. The molecule has 1 atom stereocenters. The second-order valence-corrected chi connectivity index (χ2v) is 3.88. The molecule has 1 unspecified atom stereocenters. The van der Waals surface area contributed by atoms with Gasteiger partial charge in [0.2, 0.25) is 5.95 Å². The topological polar surface area (TPSA) is 47.0 Å². The van der Waals surface area contributed by atoms with E-state index in [9.17, 15) is 4.39 Å². The summed E-state index contributed by atoms with van der Waals surface area (Å²) in [5.74, 6) is 0.340. The largest absolute Gasteiger partial charge is 0.380 e. The van der Waals surface area contributed by atoms with Crippen LogP contribution in [0.2, 0.25) is 0 Å². The van der Waals surface area contributed by atoms with E-state index >= 15 is 0 Å². The molecule has 0 aromatic carbocycles. The summed E-state index contributed by atoms with van der Waals surface area (Å²) in [6, 6.07) is 1.40. The summed E-state index contributed by atoms with van der Waals surface area (Å²) in [4.78, 5) is 7.36. The molecule has 0 aliphatic rings. The summed E-state index contributed by atoms with van der Waals surface area (Å²) in [6.45, 7) is 7.35. The van der Waals surface area contributed by atoms with Gasteiger partial charge in [-0.25, -0.2) is 9.97 Å². The summed E-state index contributed by atoms with van der Waals surface area (Å²) in [7, 11) is 0. The molecule has 4 nitrogen and oxygen atoms in total. The van der Waals surface area contributed by atoms with Crippen LogP contribution in [0, 0.1) is 11.9 Å². The fourth-order valence-corrected chi connectivity index (χ4v) is 1.25. The third-order valence-electron chi connectivity index (χ3n) is 2.27. The third-order valence-corrected chi connectivity index (χ3v) is 2.27. The van der Waals surface area contributed by atoms with Gasteiger partial charge < -0.3 is 10.1 Å². The van der Waals surface area contributed by atoms with Crippen molar-refractivity contribution in [3.8, 4) is 0 Å². The number of aromatic nitrogens is 2. The highest BCUT2D eigenvalue weighted by Crippen LogP contribution is 2.10. The molecule has 1 aromatic heterocycles. The van der Waals surface area contributed by atoms with Gasteiger partial charge in [0.25, 0.3) is 0 Å². The van der Waals surface area contributed by atoms with Crippen LogP contribution >= 0.6 is 0 Å². The Morgan fingerprint density at radius 3 is 2.75 bits per heavy atom. The highest BCUT2D eigenvalue weighted by atomic mass is 19.1. The first kappa shape index (κ1) is 12.8. The summed E-state index contributed by atoms with van der Waals surface area (Å²) < 4.78 is 18.2. The van der Waals surface area contributed by atoms with Crippen LogP contribution in [0.4, 0.5) is 10.2 Å². The fourth-order valence-electron chi connectivity index (χ4n) is 1.25. The first-order valence-electron chi connectivity index (χ1n) is 5.45. The summed E-state index contributed by atoms with van der Waals surface area (Å²) in [6.07, 6.45) is 1.20. The first-order valence-corrected chi connectivity index (χ1v) is 5.45. The van der Waals surface area contributed by atoms with E-state index in [0.29, 0.717) is 24.9 Å². The molecule has 1 rings (SSSR count). The molecular weight excluding hydrogens is 209 g/mol. The Kier molecular flexibility index (Phi) is 5.11. The molecule has 5 heteroatoms. The van der Waals surface area contributed by atoms with Gasteiger partial charge in [-0.15, -0.1) is 0 Å². The summed E-state index contributed by atoms with van der Waals surface area (Å²) in [5.41, 5.74) is 0. The first-order chi connectivity index (χ1) is 7.63. The lowest BCUT2D eigenvalue weighted by Crippen LogP contribution is -2.31. The predicted molar refractivity (Wildman–Crippen MR) is 60.7 cm³/mol. The standard InChI is InChI=1S/C11H18FN3O/c1-4-16-6-9(8(2)3)15-11-5-10(12)13-7-14-11/h5,7-9H,4,6H2,1-3H3,(H,13,14,15). The molecule has 1 N–H and O–H groups in total. The minimum atomic E-state index is -0.531. The SMILES string of the molecule is CCOCC(Nc1cc(F)ncn1)C(C)C. The molecule has 16 heavy (non-hydrogen) atoms. The van der Waals surface area contributed by atoms with Crippen molar-refractivity contribution in [2.75, 3.05) is 18.5 Å². The smallest absolute Gasteiger partial charge is 0.217 e. The predicted octanol–water partition coefficient (Wildman–Crippen LogP) is 2.09. The second kappa shape index (κ2) is 6.37. The van der Waals surface area contributed by atoms with Crippen LogP contribution in [0.15, 0.2) is 12.4 Å². The number of anilines is 1. The number of halogens is 1. The highest BCUT2D eigenvalue weighted by Gasteiger charge is 2.14. The van der Waals surface area contributed by atoms with Gasteiger partial charge in [0.15, 0.2) is 0 Å². The second-order valence-electron chi connectivity index (χ2n) is 3.88. The van der Waals surface area contributed by atoms with Crippen LogP contribution < -0.4 is 5.32 Å². The van der Waals surface area contributed by atoms with Crippen LogP contribution in [-0.4, -0.2) is 29.2 Å². The van der Waals surface area contributed by atoms with Gasteiger partial charge in [-0.05, 0) is 12.8 Å². The lowest BCUT2D eigenvalue weighted by atomic mass is 10.1. The van der Waals surface area contributed by atoms with Gasteiger partial charge >= 0.3 is 0 Å². The molecule has 0 spiro atoms. The van der Waals surface area contributed by atoms with Crippen molar-refractivity contribution in [2.45, 2.75) is 26.8 Å². The fraction of sp³-hybridized carbons (Fsp3) is 0.636. The number of hydrogen-bond acceptors (Lipinski definition) is 4. The third kappa shape index (κ3) is 4.10. The summed E-state index contributed by atoms with van der Waals surface area (Å²) >= 11 is 0. The maximum atomic E-state index is 12.8. The minimum Gasteiger partial charge on any atom is -0.380 e. The molecule has 0 radical (unpaired) electrons. The Hall–Kier alpha value is -1.23. The zero-order valence-corrected chi connectivity index (χ0v) is 9.90. The van der Waals surface area contributed by atoms with Gasteiger partial charge in [-0.2, -0.15) is 4.39 Å². The van der Waals surface area contributed by atoms with E-state index < -0.39 is 5.95 Å². The van der Waals surface area contributed by atoms with Gasteiger partial charge in [0.05, 0.1) is 12.6 Å². The van der Waals surface area contributed by atoms with E-state index in [4.69, 9.17) is 4.74 Å². The molecular formula is C11H18FN3O. The van der Waals surface area contributed by atoms with E-state index in [-0.39, 0.29) is 6.04 Å². The van der Waals surface area contributed by atoms with Gasteiger partial charge in [0.1, 0.15) is 12.1 Å². The Morgan fingerprint density at radius 2 is 2.19 bits per heavy atom. The van der Waals surface area contributed by atoms with Crippen molar-refractivity contribution in [3.05, 3.63) is 18.3 Å². The van der Waals surface area contributed by atoms with E-state index in [1.165, 1.54) is 12.4 Å². The maximum Gasteiger partial charge on any atom is 0.217 e. The quantitative estimate of drug-likeness (QED) is 0.756. The molecule has 0 saturated carbocycles. The van der Waals surface area contributed by atoms with Crippen LogP contribution in [0.1, 0.15) is 20.8 Å². The minimum absolute atomic E-state index is 0.120. The van der Waals surface area contributed by atoms with Crippen LogP contribution in [0.25, 0.3) is 0 Å². The van der Waals surface area contributed by atoms with Gasteiger partial charge in [0, 0.05) is 12.7 Å². The molecule has 0 saturated heterocycles. The summed E-state index contributed by atoms with van der Waals surface area (Å²) in [5, 5.41) is 3.14. The molecule has 0 bridgehead atoms. The molecule has 1 heterocycles. The number of ether oxygens (including phenoxy) is 1. The van der Waals surface area contributed by atoms with Gasteiger partial charge in [-0.1, -0.05) is 13.8 Å². The Morgan fingerprint density at radius 1 is 1.44 bits per heavy atom. The molecule has 0 fully saturated rings. The van der Waals surface area contributed by atoms with Crippen molar-refractivity contribution in [1.82, 2.24) is 9.97 Å². The molecule has 90 valence electrons. The van der Waals surface area contributed by atoms with Crippen LogP contribution in [-0.2, 0) is 4.74 Å². The number of nitrogens with zero attached hydrogens (tertiary/aromatic N) is 2. The lowest BCUT2D eigenvalue weighted by molar-refractivity contribution is 0.126. The molecule has 0 aliphatic carbocycles. The Bertz CT molecular complexity index is 320. The normalized spacial score (nSPS) is 12.8. The number of rotatable bonds is 6. The average molecular weight is 227 g/mol. The van der Waals surface area contributed by atoms with Crippen molar-refractivity contribution in [1.29, 1.82) is 0 Å². The zero-order chi connectivity index (χ0) is 12.0. The Labute approximate surface area is 95.3 Å². The monoisotopic (exact) mass is 227 g/mol. The molecule has 0 amide bonds. The van der Waals surface area contributed by atoms with Crippen molar-refractivity contribution >= 4 is 5.82 Å². The van der Waals surface area contributed by atoms with E-state index in [2.05, 4.69) is 29.1 Å². The highest BCUT2D eigenvalue weighted by molar-refractivity contribution is 5.33. The van der Waals surface area contributed by atoms with Crippen LogP contribution in [0.5, 0.6) is 0 Å². The number of hydrogen-bond donors (Lipinski definition) is 1. The van der Waals surface area contributed by atoms with E-state index in [1.54, 1.807) is 0 Å². The van der Waals surface area contributed by atoms with E-state index in [0.717, 1.165) is 0 Å². The van der Waals surface area contributed by atoms with Gasteiger partial charge in [-0.3, -0.25) is 0 Å². The average Bonchev–Trinajstić information content (AvgIpc) is 2.24. The van der Waals surface area contributed by atoms with E-state index in [1.807, 2.05) is 6.92 Å². The maximum absolute atomic E-state index is 12.8. The molecule has 0 aliphatic heterocycles. The van der Waals surface area contributed by atoms with Crippen molar-refractivity contribution in [2.24, 2.45) is 5.92 Å². The lowest BCUT2D eigenvalue weighted by Gasteiger charge is -2.22. The Balaban J connectivity index is 2.60. The zero-order valence-electron chi connectivity index (χ0n) is 9.90. The van der Waals surface area contributed by atoms with Crippen LogP contribution in [0.3, 0.4) is 0 Å². The van der Waals surface area contributed by atoms with Crippen molar-refractivity contribution in [3.63, 3.8) is 0 Å².